The first-order chi connectivity index (χ1) is 13.1. The van der Waals surface area contributed by atoms with Crippen LogP contribution in [0.3, 0.4) is 0 Å². The van der Waals surface area contributed by atoms with E-state index in [-0.39, 0.29) is 4.90 Å². The molecular formula is C19H13N3O3S2. The summed E-state index contributed by atoms with van der Waals surface area (Å²) >= 11 is 1.59. The van der Waals surface area contributed by atoms with Crippen molar-refractivity contribution in [3.05, 3.63) is 66.2 Å². The van der Waals surface area contributed by atoms with E-state index in [4.69, 9.17) is 4.42 Å². The van der Waals surface area contributed by atoms with E-state index in [0.29, 0.717) is 16.7 Å². The first kappa shape index (κ1) is 16.1. The molecule has 0 radical (unpaired) electrons. The number of rotatable bonds is 4. The zero-order chi connectivity index (χ0) is 18.4. The van der Waals surface area contributed by atoms with E-state index >= 15 is 0 Å². The van der Waals surface area contributed by atoms with E-state index in [9.17, 15) is 8.42 Å². The third-order valence-electron chi connectivity index (χ3n) is 4.22. The number of anilines is 1. The molecule has 0 saturated heterocycles. The normalized spacial score (nSPS) is 12.0. The van der Waals surface area contributed by atoms with Crippen molar-refractivity contribution in [1.82, 2.24) is 9.97 Å². The fourth-order valence-electron chi connectivity index (χ4n) is 2.97. The zero-order valence-corrected chi connectivity index (χ0v) is 15.5. The largest absolute Gasteiger partial charge is 0.463 e. The van der Waals surface area contributed by atoms with Gasteiger partial charge in [0.05, 0.1) is 21.6 Å². The second-order valence-electron chi connectivity index (χ2n) is 6.00. The standard InChI is InChI=1S/C19H13N3O3S2/c23-27(24,18-11-25-16-5-2-1-4-13(16)18)22-12-7-8-14-15(10-12)21-19(20-14)17-6-3-9-26-17/h1-11,22H,(H,20,21). The van der Waals surface area contributed by atoms with Gasteiger partial charge in [-0.25, -0.2) is 13.4 Å². The van der Waals surface area contributed by atoms with Crippen LogP contribution in [0.2, 0.25) is 0 Å². The summed E-state index contributed by atoms with van der Waals surface area (Å²) < 4.78 is 33.6. The van der Waals surface area contributed by atoms with Crippen molar-refractivity contribution < 1.29 is 12.8 Å². The second-order valence-corrected chi connectivity index (χ2v) is 8.59. The van der Waals surface area contributed by atoms with Gasteiger partial charge in [-0.2, -0.15) is 0 Å². The Morgan fingerprint density at radius 2 is 1.96 bits per heavy atom. The van der Waals surface area contributed by atoms with E-state index in [0.717, 1.165) is 21.7 Å². The van der Waals surface area contributed by atoms with Crippen molar-refractivity contribution in [3.63, 3.8) is 0 Å². The monoisotopic (exact) mass is 395 g/mol. The Morgan fingerprint density at radius 3 is 2.81 bits per heavy atom. The Hall–Kier alpha value is -3.10. The molecule has 0 unspecified atom stereocenters. The molecule has 0 atom stereocenters. The van der Waals surface area contributed by atoms with E-state index in [1.165, 1.54) is 6.26 Å². The van der Waals surface area contributed by atoms with Gasteiger partial charge in [-0.1, -0.05) is 18.2 Å². The molecule has 0 fully saturated rings. The van der Waals surface area contributed by atoms with Crippen LogP contribution in [0, 0.1) is 0 Å². The molecule has 5 rings (SSSR count). The van der Waals surface area contributed by atoms with Crippen LogP contribution in [0.4, 0.5) is 5.69 Å². The van der Waals surface area contributed by atoms with Crippen LogP contribution in [0.5, 0.6) is 0 Å². The average Bonchev–Trinajstić information content (AvgIpc) is 3.39. The molecule has 0 aliphatic carbocycles. The number of aromatic nitrogens is 2. The number of furan rings is 1. The molecule has 2 N–H and O–H groups in total. The minimum absolute atomic E-state index is 0.113. The first-order valence-electron chi connectivity index (χ1n) is 8.13. The van der Waals surface area contributed by atoms with Crippen LogP contribution in [-0.4, -0.2) is 18.4 Å². The number of nitrogens with one attached hydrogen (secondary N) is 2. The minimum atomic E-state index is -3.78. The highest BCUT2D eigenvalue weighted by Gasteiger charge is 2.20. The predicted octanol–water partition coefficient (Wildman–Crippen LogP) is 4.84. The SMILES string of the molecule is O=S(=O)(Nc1ccc2nc(-c3cccs3)[nH]c2c1)c1coc2ccccc12. The van der Waals surface area contributed by atoms with Gasteiger partial charge >= 0.3 is 0 Å². The van der Waals surface area contributed by atoms with E-state index in [2.05, 4.69) is 14.7 Å². The zero-order valence-electron chi connectivity index (χ0n) is 13.8. The van der Waals surface area contributed by atoms with Crippen LogP contribution >= 0.6 is 11.3 Å². The fraction of sp³-hybridized carbons (Fsp3) is 0. The summed E-state index contributed by atoms with van der Waals surface area (Å²) in [5.41, 5.74) is 2.52. The highest BCUT2D eigenvalue weighted by molar-refractivity contribution is 7.93. The molecule has 0 saturated carbocycles. The van der Waals surface area contributed by atoms with Gasteiger partial charge in [0.2, 0.25) is 0 Å². The molecule has 6 nitrogen and oxygen atoms in total. The predicted molar refractivity (Wildman–Crippen MR) is 106 cm³/mol. The molecule has 0 aliphatic heterocycles. The summed E-state index contributed by atoms with van der Waals surface area (Å²) in [4.78, 5) is 8.92. The Balaban J connectivity index is 1.52. The van der Waals surface area contributed by atoms with Gasteiger partial charge in [0.25, 0.3) is 10.0 Å². The lowest BCUT2D eigenvalue weighted by Crippen LogP contribution is -2.12. The molecule has 27 heavy (non-hydrogen) atoms. The van der Waals surface area contributed by atoms with E-state index in [1.807, 2.05) is 17.5 Å². The third kappa shape index (κ3) is 2.79. The second kappa shape index (κ2) is 5.97. The number of hydrogen-bond acceptors (Lipinski definition) is 5. The molecule has 8 heteroatoms. The lowest BCUT2D eigenvalue weighted by molar-refractivity contribution is 0.587. The van der Waals surface area contributed by atoms with Gasteiger partial charge in [0.1, 0.15) is 22.6 Å². The number of H-pyrrole nitrogens is 1. The summed E-state index contributed by atoms with van der Waals surface area (Å²) in [5, 5.41) is 2.53. The van der Waals surface area contributed by atoms with Crippen LogP contribution < -0.4 is 4.72 Å². The Morgan fingerprint density at radius 1 is 1.07 bits per heavy atom. The van der Waals surface area contributed by atoms with Crippen LogP contribution in [0.15, 0.2) is 75.6 Å². The molecule has 3 heterocycles. The lowest BCUT2D eigenvalue weighted by Gasteiger charge is -2.06. The number of fused-ring (bicyclic) bond motifs is 2. The van der Waals surface area contributed by atoms with E-state index in [1.54, 1.807) is 53.8 Å². The van der Waals surface area contributed by atoms with Crippen LogP contribution in [-0.2, 0) is 10.0 Å². The highest BCUT2D eigenvalue weighted by atomic mass is 32.2. The number of benzene rings is 2. The smallest absolute Gasteiger partial charge is 0.265 e. The molecule has 2 aromatic carbocycles. The maximum absolute atomic E-state index is 12.8. The Labute approximate surface area is 158 Å². The van der Waals surface area contributed by atoms with Gasteiger partial charge in [-0.15, -0.1) is 11.3 Å². The number of para-hydroxylation sites is 1. The van der Waals surface area contributed by atoms with Gasteiger partial charge in [-0.3, -0.25) is 4.72 Å². The van der Waals surface area contributed by atoms with Crippen molar-refractivity contribution >= 4 is 49.1 Å². The third-order valence-corrected chi connectivity index (χ3v) is 6.50. The maximum atomic E-state index is 12.8. The minimum Gasteiger partial charge on any atom is -0.463 e. The number of hydrogen-bond donors (Lipinski definition) is 2. The topological polar surface area (TPSA) is 88.0 Å². The molecular weight excluding hydrogens is 382 g/mol. The number of aromatic amines is 1. The highest BCUT2D eigenvalue weighted by Crippen LogP contribution is 2.29. The Kier molecular flexibility index (Phi) is 3.56. The fourth-order valence-corrected chi connectivity index (χ4v) is 4.82. The lowest BCUT2D eigenvalue weighted by atomic mass is 10.3. The molecule has 0 spiro atoms. The van der Waals surface area contributed by atoms with Crippen LogP contribution in [0.1, 0.15) is 0 Å². The number of imidazole rings is 1. The van der Waals surface area contributed by atoms with E-state index < -0.39 is 10.0 Å². The van der Waals surface area contributed by atoms with Crippen molar-refractivity contribution in [2.45, 2.75) is 4.90 Å². The summed E-state index contributed by atoms with van der Waals surface area (Å²) in [6, 6.07) is 16.2. The summed E-state index contributed by atoms with van der Waals surface area (Å²) in [7, 11) is -3.78. The molecule has 0 aliphatic rings. The molecule has 134 valence electrons. The molecule has 0 bridgehead atoms. The quantitative estimate of drug-likeness (QED) is 0.456. The average molecular weight is 395 g/mol. The number of nitrogens with zero attached hydrogens (tertiary/aromatic N) is 1. The van der Waals surface area contributed by atoms with Crippen molar-refractivity contribution in [1.29, 1.82) is 0 Å². The number of sulfonamides is 1. The first-order valence-corrected chi connectivity index (χ1v) is 10.5. The Bertz CT molecular complexity index is 1370. The van der Waals surface area contributed by atoms with Crippen molar-refractivity contribution in [3.8, 4) is 10.7 Å². The molecule has 0 amide bonds. The molecule has 3 aromatic heterocycles. The summed E-state index contributed by atoms with van der Waals surface area (Å²) in [5.74, 6) is 0.765. The summed E-state index contributed by atoms with van der Waals surface area (Å²) in [6.07, 6.45) is 1.26. The number of thiophene rings is 1. The summed E-state index contributed by atoms with van der Waals surface area (Å²) in [6.45, 7) is 0. The van der Waals surface area contributed by atoms with Crippen LogP contribution in [0.25, 0.3) is 32.7 Å². The van der Waals surface area contributed by atoms with Gasteiger partial charge < -0.3 is 9.40 Å². The molecule has 5 aromatic rings. The van der Waals surface area contributed by atoms with Crippen molar-refractivity contribution in [2.24, 2.45) is 0 Å². The van der Waals surface area contributed by atoms with Crippen molar-refractivity contribution in [2.75, 3.05) is 4.72 Å². The van der Waals surface area contributed by atoms with Gasteiger partial charge in [0.15, 0.2) is 0 Å². The van der Waals surface area contributed by atoms with Gasteiger partial charge in [0, 0.05) is 5.39 Å². The van der Waals surface area contributed by atoms with Gasteiger partial charge in [-0.05, 0) is 41.8 Å². The maximum Gasteiger partial charge on any atom is 0.265 e.